The van der Waals surface area contributed by atoms with Crippen molar-refractivity contribution in [2.45, 2.75) is 57.4 Å². The van der Waals surface area contributed by atoms with Crippen molar-refractivity contribution >= 4 is 0 Å². The van der Waals surface area contributed by atoms with E-state index in [0.29, 0.717) is 29.9 Å². The van der Waals surface area contributed by atoms with Gasteiger partial charge in [-0.25, -0.2) is 0 Å². The molecule has 1 fully saturated rings. The first kappa shape index (κ1) is 15.1. The van der Waals surface area contributed by atoms with Crippen LogP contribution in [0.3, 0.4) is 0 Å². The van der Waals surface area contributed by atoms with Gasteiger partial charge in [0.15, 0.2) is 0 Å². The average molecular weight is 287 g/mol. The van der Waals surface area contributed by atoms with Gasteiger partial charge in [-0.15, -0.1) is 0 Å². The molecule has 116 valence electrons. The average Bonchev–Trinajstić information content (AvgIpc) is 2.94. The molecule has 0 bridgehead atoms. The molecule has 3 unspecified atom stereocenters. The Bertz CT molecular complexity index is 482. The Morgan fingerprint density at radius 3 is 2.71 bits per heavy atom. The van der Waals surface area contributed by atoms with Crippen molar-refractivity contribution in [3.8, 4) is 0 Å². The van der Waals surface area contributed by atoms with Crippen LogP contribution in [0.25, 0.3) is 0 Å². The molecule has 21 heavy (non-hydrogen) atoms. The second-order valence-corrected chi connectivity index (χ2v) is 7.60. The lowest BCUT2D eigenvalue weighted by Gasteiger charge is -2.38. The van der Waals surface area contributed by atoms with Crippen LogP contribution in [0.1, 0.15) is 63.1 Å². The zero-order valence-electron chi connectivity index (χ0n) is 13.4. The normalized spacial score (nSPS) is 31.1. The first-order valence-electron chi connectivity index (χ1n) is 8.55. The first-order valence-corrected chi connectivity index (χ1v) is 8.55. The van der Waals surface area contributed by atoms with Gasteiger partial charge in [-0.05, 0) is 60.6 Å². The number of hydrogen-bond acceptors (Lipinski definition) is 2. The van der Waals surface area contributed by atoms with Crippen LogP contribution >= 0.6 is 0 Å². The van der Waals surface area contributed by atoms with Crippen molar-refractivity contribution in [1.29, 1.82) is 0 Å². The molecule has 2 aliphatic rings. The molecule has 0 aliphatic heterocycles. The smallest absolute Gasteiger partial charge is 0.0462 e. The van der Waals surface area contributed by atoms with Gasteiger partial charge in [0.1, 0.15) is 0 Å². The minimum atomic E-state index is 0.301. The van der Waals surface area contributed by atoms with Gasteiger partial charge in [-0.2, -0.15) is 0 Å². The van der Waals surface area contributed by atoms with Crippen LogP contribution in [-0.4, -0.2) is 18.3 Å². The monoisotopic (exact) mass is 287 g/mol. The third-order valence-corrected chi connectivity index (χ3v) is 5.80. The summed E-state index contributed by atoms with van der Waals surface area (Å²) in [4.78, 5) is 0. The summed E-state index contributed by atoms with van der Waals surface area (Å²) in [6, 6.07) is 9.43. The first-order chi connectivity index (χ1) is 10.1. The molecular weight excluding hydrogens is 258 g/mol. The molecule has 2 aliphatic carbocycles. The van der Waals surface area contributed by atoms with Crippen LogP contribution in [0.15, 0.2) is 24.3 Å². The van der Waals surface area contributed by atoms with Gasteiger partial charge >= 0.3 is 0 Å². The van der Waals surface area contributed by atoms with Gasteiger partial charge < -0.3 is 10.4 Å². The van der Waals surface area contributed by atoms with E-state index in [9.17, 15) is 5.11 Å². The van der Waals surface area contributed by atoms with Crippen LogP contribution in [0.5, 0.6) is 0 Å². The number of rotatable bonds is 4. The fourth-order valence-electron chi connectivity index (χ4n) is 4.34. The molecule has 2 nitrogen and oxygen atoms in total. The van der Waals surface area contributed by atoms with Gasteiger partial charge in [0.25, 0.3) is 0 Å². The number of fused-ring (bicyclic) bond motifs is 1. The molecule has 1 saturated carbocycles. The molecule has 0 saturated heterocycles. The predicted octanol–water partition coefficient (Wildman–Crippen LogP) is 3.80. The predicted molar refractivity (Wildman–Crippen MR) is 87.4 cm³/mol. The lowest BCUT2D eigenvalue weighted by atomic mass is 9.71. The van der Waals surface area contributed by atoms with Gasteiger partial charge in [-0.3, -0.25) is 0 Å². The Labute approximate surface area is 129 Å². The van der Waals surface area contributed by atoms with E-state index in [-0.39, 0.29) is 0 Å². The highest BCUT2D eigenvalue weighted by atomic mass is 16.3. The Hall–Kier alpha value is -0.860. The standard InChI is InChI=1S/C19H29NO/c1-19(2)11-10-18(16-8-3-4-9-17(16)19)20-12-14-6-5-7-15(14)13-21/h3-4,8-9,14-15,18,20-21H,5-7,10-13H2,1-2H3. The molecule has 0 heterocycles. The van der Waals surface area contributed by atoms with Crippen molar-refractivity contribution in [3.63, 3.8) is 0 Å². The Kier molecular flexibility index (Phi) is 4.37. The molecule has 1 aromatic rings. The minimum absolute atomic E-state index is 0.301. The van der Waals surface area contributed by atoms with Crippen LogP contribution in [-0.2, 0) is 5.41 Å². The third kappa shape index (κ3) is 3.02. The SMILES string of the molecule is CC1(C)CCC(NCC2CCCC2CO)c2ccccc21. The van der Waals surface area contributed by atoms with Crippen LogP contribution in [0, 0.1) is 11.8 Å². The summed E-state index contributed by atoms with van der Waals surface area (Å²) in [6.45, 7) is 6.15. The van der Waals surface area contributed by atoms with E-state index in [1.54, 1.807) is 0 Å². The third-order valence-electron chi connectivity index (χ3n) is 5.80. The quantitative estimate of drug-likeness (QED) is 0.883. The lowest BCUT2D eigenvalue weighted by molar-refractivity contribution is 0.188. The van der Waals surface area contributed by atoms with E-state index in [1.807, 2.05) is 0 Å². The lowest BCUT2D eigenvalue weighted by Crippen LogP contribution is -2.35. The maximum atomic E-state index is 9.47. The highest BCUT2D eigenvalue weighted by Crippen LogP contribution is 2.41. The Morgan fingerprint density at radius 1 is 1.14 bits per heavy atom. The highest BCUT2D eigenvalue weighted by molar-refractivity contribution is 5.38. The van der Waals surface area contributed by atoms with Gasteiger partial charge in [0, 0.05) is 12.6 Å². The van der Waals surface area contributed by atoms with E-state index in [2.05, 4.69) is 43.4 Å². The fraction of sp³-hybridized carbons (Fsp3) is 0.684. The van der Waals surface area contributed by atoms with Crippen molar-refractivity contribution in [2.75, 3.05) is 13.2 Å². The van der Waals surface area contributed by atoms with E-state index in [4.69, 9.17) is 0 Å². The van der Waals surface area contributed by atoms with Gasteiger partial charge in [-0.1, -0.05) is 44.5 Å². The summed E-state index contributed by atoms with van der Waals surface area (Å²) in [5, 5.41) is 13.3. The van der Waals surface area contributed by atoms with Gasteiger partial charge in [0.2, 0.25) is 0 Å². The number of hydrogen-bond donors (Lipinski definition) is 2. The number of benzene rings is 1. The molecule has 0 spiro atoms. The fourth-order valence-corrected chi connectivity index (χ4v) is 4.34. The molecule has 3 rings (SSSR count). The topological polar surface area (TPSA) is 32.3 Å². The molecule has 2 N–H and O–H groups in total. The summed E-state index contributed by atoms with van der Waals surface area (Å²) in [6.07, 6.45) is 6.23. The van der Waals surface area contributed by atoms with Crippen LogP contribution < -0.4 is 5.32 Å². The number of nitrogens with one attached hydrogen (secondary N) is 1. The van der Waals surface area contributed by atoms with Crippen molar-refractivity contribution in [2.24, 2.45) is 11.8 Å². The highest BCUT2D eigenvalue weighted by Gasteiger charge is 2.33. The minimum Gasteiger partial charge on any atom is -0.396 e. The summed E-state index contributed by atoms with van der Waals surface area (Å²) >= 11 is 0. The van der Waals surface area contributed by atoms with E-state index in [1.165, 1.54) is 43.2 Å². The van der Waals surface area contributed by atoms with E-state index in [0.717, 1.165) is 6.54 Å². The Balaban J connectivity index is 1.69. The molecule has 3 atom stereocenters. The molecule has 0 amide bonds. The summed E-state index contributed by atoms with van der Waals surface area (Å²) in [7, 11) is 0. The zero-order chi connectivity index (χ0) is 14.9. The van der Waals surface area contributed by atoms with E-state index >= 15 is 0 Å². The van der Waals surface area contributed by atoms with Gasteiger partial charge in [0.05, 0.1) is 0 Å². The van der Waals surface area contributed by atoms with Crippen LogP contribution in [0.4, 0.5) is 0 Å². The number of aliphatic hydroxyl groups excluding tert-OH is 1. The largest absolute Gasteiger partial charge is 0.396 e. The Morgan fingerprint density at radius 2 is 1.90 bits per heavy atom. The summed E-state index contributed by atoms with van der Waals surface area (Å²) in [5.74, 6) is 1.19. The molecule has 0 radical (unpaired) electrons. The second kappa shape index (κ2) is 6.10. The summed E-state index contributed by atoms with van der Waals surface area (Å²) in [5.41, 5.74) is 3.31. The molecule has 1 aromatic carbocycles. The van der Waals surface area contributed by atoms with Crippen molar-refractivity contribution in [1.82, 2.24) is 5.32 Å². The second-order valence-electron chi connectivity index (χ2n) is 7.60. The van der Waals surface area contributed by atoms with Crippen LogP contribution in [0.2, 0.25) is 0 Å². The van der Waals surface area contributed by atoms with Crippen molar-refractivity contribution in [3.05, 3.63) is 35.4 Å². The maximum Gasteiger partial charge on any atom is 0.0462 e. The molecule has 0 aromatic heterocycles. The van der Waals surface area contributed by atoms with E-state index < -0.39 is 0 Å². The zero-order valence-corrected chi connectivity index (χ0v) is 13.4. The number of aliphatic hydroxyl groups is 1. The van der Waals surface area contributed by atoms with Crippen molar-refractivity contribution < 1.29 is 5.11 Å². The molecule has 2 heteroatoms. The molecular formula is C19H29NO. The maximum absolute atomic E-state index is 9.47. The summed E-state index contributed by atoms with van der Waals surface area (Å²) < 4.78 is 0.